The summed E-state index contributed by atoms with van der Waals surface area (Å²) < 4.78 is 1.38. The second kappa shape index (κ2) is 4.40. The van der Waals surface area contributed by atoms with Gasteiger partial charge >= 0.3 is 11.9 Å². The van der Waals surface area contributed by atoms with Crippen molar-refractivity contribution in [2.45, 2.75) is 18.9 Å². The summed E-state index contributed by atoms with van der Waals surface area (Å²) in [6, 6.07) is -0.853. The Hall–Kier alpha value is -1.85. The zero-order chi connectivity index (χ0) is 10.6. The molecule has 0 amide bonds. The van der Waals surface area contributed by atoms with Crippen molar-refractivity contribution in [2.75, 3.05) is 0 Å². The Kier molecular flexibility index (Phi) is 3.22. The van der Waals surface area contributed by atoms with E-state index in [4.69, 9.17) is 10.2 Å². The first-order valence-corrected chi connectivity index (χ1v) is 4.03. The smallest absolute Gasteiger partial charge is 0.326 e. The van der Waals surface area contributed by atoms with Gasteiger partial charge in [-0.05, 0) is 6.42 Å². The minimum Gasteiger partial charge on any atom is -0.481 e. The number of imidazole rings is 1. The Morgan fingerprint density at radius 1 is 1.43 bits per heavy atom. The number of rotatable bonds is 5. The Morgan fingerprint density at radius 2 is 2.14 bits per heavy atom. The lowest BCUT2D eigenvalue weighted by Gasteiger charge is -2.11. The maximum atomic E-state index is 10.8. The first-order valence-electron chi connectivity index (χ1n) is 4.03. The summed E-state index contributed by atoms with van der Waals surface area (Å²) in [6.07, 6.45) is 4.20. The molecule has 1 aromatic rings. The molecule has 0 spiro atoms. The van der Waals surface area contributed by atoms with Gasteiger partial charge in [0.1, 0.15) is 6.04 Å². The van der Waals surface area contributed by atoms with Crippen LogP contribution in [0.3, 0.4) is 0 Å². The van der Waals surface area contributed by atoms with Crippen molar-refractivity contribution in [1.82, 2.24) is 9.55 Å². The van der Waals surface area contributed by atoms with E-state index in [0.717, 1.165) is 0 Å². The van der Waals surface area contributed by atoms with Gasteiger partial charge < -0.3 is 14.8 Å². The third-order valence-electron chi connectivity index (χ3n) is 1.80. The van der Waals surface area contributed by atoms with Crippen LogP contribution >= 0.6 is 0 Å². The first kappa shape index (κ1) is 10.2. The lowest BCUT2D eigenvalue weighted by molar-refractivity contribution is -0.142. The zero-order valence-electron chi connectivity index (χ0n) is 7.33. The molecule has 1 heterocycles. The number of carboxylic acid groups (broad SMARTS) is 2. The summed E-state index contributed by atoms with van der Waals surface area (Å²) in [6.45, 7) is 0. The van der Waals surface area contributed by atoms with Crippen LogP contribution in [-0.2, 0) is 9.59 Å². The fraction of sp³-hybridized carbons (Fsp3) is 0.375. The summed E-state index contributed by atoms with van der Waals surface area (Å²) in [5.41, 5.74) is 0. The highest BCUT2D eigenvalue weighted by Gasteiger charge is 2.19. The minimum absolute atomic E-state index is 0.0566. The normalized spacial score (nSPS) is 12.3. The quantitative estimate of drug-likeness (QED) is 0.713. The summed E-state index contributed by atoms with van der Waals surface area (Å²) in [4.78, 5) is 24.8. The van der Waals surface area contributed by atoms with E-state index in [9.17, 15) is 9.59 Å². The lowest BCUT2D eigenvalue weighted by atomic mass is 10.1. The molecule has 14 heavy (non-hydrogen) atoms. The zero-order valence-corrected chi connectivity index (χ0v) is 7.33. The first-order chi connectivity index (χ1) is 6.61. The summed E-state index contributed by atoms with van der Waals surface area (Å²) in [5, 5.41) is 17.2. The van der Waals surface area contributed by atoms with Crippen molar-refractivity contribution in [3.8, 4) is 0 Å². The molecular weight excluding hydrogens is 188 g/mol. The van der Waals surface area contributed by atoms with Crippen molar-refractivity contribution >= 4 is 11.9 Å². The van der Waals surface area contributed by atoms with Crippen molar-refractivity contribution in [3.63, 3.8) is 0 Å². The molecule has 1 atom stereocenters. The maximum Gasteiger partial charge on any atom is 0.326 e. The molecule has 0 aromatic carbocycles. The molecule has 1 unspecified atom stereocenters. The lowest BCUT2D eigenvalue weighted by Crippen LogP contribution is -2.18. The van der Waals surface area contributed by atoms with Crippen molar-refractivity contribution < 1.29 is 19.8 Å². The molecule has 76 valence electrons. The number of hydrogen-bond acceptors (Lipinski definition) is 3. The molecule has 0 saturated carbocycles. The van der Waals surface area contributed by atoms with Crippen LogP contribution in [0, 0.1) is 0 Å². The van der Waals surface area contributed by atoms with Gasteiger partial charge in [0.25, 0.3) is 0 Å². The summed E-state index contributed by atoms with van der Waals surface area (Å²) in [5.74, 6) is -2.05. The Bertz CT molecular complexity index is 320. The molecule has 6 heteroatoms. The second-order valence-corrected chi connectivity index (χ2v) is 2.80. The molecule has 0 fully saturated rings. The highest BCUT2D eigenvalue weighted by atomic mass is 16.4. The van der Waals surface area contributed by atoms with Gasteiger partial charge in [0.05, 0.1) is 6.33 Å². The van der Waals surface area contributed by atoms with Crippen LogP contribution in [0.25, 0.3) is 0 Å². The van der Waals surface area contributed by atoms with Crippen molar-refractivity contribution in [3.05, 3.63) is 18.7 Å². The van der Waals surface area contributed by atoms with Gasteiger partial charge in [0.15, 0.2) is 0 Å². The minimum atomic E-state index is -1.05. The van der Waals surface area contributed by atoms with Crippen LogP contribution in [-0.4, -0.2) is 31.7 Å². The predicted molar refractivity (Wildman–Crippen MR) is 45.8 cm³/mol. The van der Waals surface area contributed by atoms with E-state index in [1.54, 1.807) is 0 Å². The molecule has 6 nitrogen and oxygen atoms in total. The summed E-state index contributed by atoms with van der Waals surface area (Å²) in [7, 11) is 0. The standard InChI is InChI=1S/C8H10N2O4/c11-7(12)2-1-6(8(13)14)10-4-3-9-5-10/h3-6H,1-2H2,(H,11,12)(H,13,14). The van der Waals surface area contributed by atoms with E-state index in [2.05, 4.69) is 4.98 Å². The van der Waals surface area contributed by atoms with Gasteiger partial charge in [-0.3, -0.25) is 4.79 Å². The van der Waals surface area contributed by atoms with Crippen LogP contribution in [0.1, 0.15) is 18.9 Å². The van der Waals surface area contributed by atoms with E-state index < -0.39 is 18.0 Å². The number of carbonyl (C=O) groups is 2. The van der Waals surface area contributed by atoms with E-state index in [1.807, 2.05) is 0 Å². The summed E-state index contributed by atoms with van der Waals surface area (Å²) >= 11 is 0. The van der Waals surface area contributed by atoms with Gasteiger partial charge in [-0.15, -0.1) is 0 Å². The molecule has 0 radical (unpaired) electrons. The van der Waals surface area contributed by atoms with E-state index in [0.29, 0.717) is 0 Å². The maximum absolute atomic E-state index is 10.8. The largest absolute Gasteiger partial charge is 0.481 e. The third kappa shape index (κ3) is 2.58. The molecular formula is C8H10N2O4. The van der Waals surface area contributed by atoms with Gasteiger partial charge in [-0.2, -0.15) is 0 Å². The van der Waals surface area contributed by atoms with Crippen molar-refractivity contribution in [1.29, 1.82) is 0 Å². The van der Waals surface area contributed by atoms with Crippen LogP contribution < -0.4 is 0 Å². The highest BCUT2D eigenvalue weighted by Crippen LogP contribution is 2.13. The molecule has 0 aliphatic heterocycles. The van der Waals surface area contributed by atoms with Gasteiger partial charge in [0, 0.05) is 18.8 Å². The fourth-order valence-corrected chi connectivity index (χ4v) is 1.11. The van der Waals surface area contributed by atoms with E-state index >= 15 is 0 Å². The Morgan fingerprint density at radius 3 is 2.57 bits per heavy atom. The van der Waals surface area contributed by atoms with Gasteiger partial charge in [0.2, 0.25) is 0 Å². The van der Waals surface area contributed by atoms with Crippen LogP contribution in [0.4, 0.5) is 0 Å². The van der Waals surface area contributed by atoms with Crippen molar-refractivity contribution in [2.24, 2.45) is 0 Å². The van der Waals surface area contributed by atoms with E-state index in [1.165, 1.54) is 23.3 Å². The average molecular weight is 198 g/mol. The number of aliphatic carboxylic acids is 2. The molecule has 0 saturated heterocycles. The Labute approximate surface area is 79.8 Å². The number of nitrogens with zero attached hydrogens (tertiary/aromatic N) is 2. The molecule has 0 bridgehead atoms. The molecule has 1 rings (SSSR count). The number of hydrogen-bond donors (Lipinski definition) is 2. The average Bonchev–Trinajstić information content (AvgIpc) is 2.56. The molecule has 0 aliphatic rings. The second-order valence-electron chi connectivity index (χ2n) is 2.80. The SMILES string of the molecule is O=C(O)CCC(C(=O)O)n1ccnc1. The topological polar surface area (TPSA) is 92.4 Å². The predicted octanol–water partition coefficient (Wildman–Crippen LogP) is 0.374. The third-order valence-corrected chi connectivity index (χ3v) is 1.80. The monoisotopic (exact) mass is 198 g/mol. The van der Waals surface area contributed by atoms with Gasteiger partial charge in [-0.25, -0.2) is 9.78 Å². The van der Waals surface area contributed by atoms with Gasteiger partial charge in [-0.1, -0.05) is 0 Å². The van der Waals surface area contributed by atoms with Crippen LogP contribution in [0.5, 0.6) is 0 Å². The van der Waals surface area contributed by atoms with Crippen LogP contribution in [0.2, 0.25) is 0 Å². The fourth-order valence-electron chi connectivity index (χ4n) is 1.11. The Balaban J connectivity index is 2.66. The van der Waals surface area contributed by atoms with E-state index in [-0.39, 0.29) is 12.8 Å². The molecule has 0 aliphatic carbocycles. The molecule has 2 N–H and O–H groups in total. The highest BCUT2D eigenvalue weighted by molar-refractivity contribution is 5.73. The number of aromatic nitrogens is 2. The molecule has 1 aromatic heterocycles. The number of carboxylic acids is 2. The van der Waals surface area contributed by atoms with Crippen LogP contribution in [0.15, 0.2) is 18.7 Å².